The number of furan rings is 1. The van der Waals surface area contributed by atoms with Crippen molar-refractivity contribution in [1.29, 1.82) is 0 Å². The van der Waals surface area contributed by atoms with Gasteiger partial charge >= 0.3 is 5.97 Å². The first-order valence-electron chi connectivity index (χ1n) is 9.57. The summed E-state index contributed by atoms with van der Waals surface area (Å²) in [5.41, 5.74) is 0.573. The number of imide groups is 1. The summed E-state index contributed by atoms with van der Waals surface area (Å²) in [5, 5.41) is 14.4. The molecule has 4 aliphatic rings. The fraction of sp³-hybridized carbons (Fsp3) is 0.273. The van der Waals surface area contributed by atoms with Crippen LogP contribution >= 0.6 is 0 Å². The van der Waals surface area contributed by atoms with Crippen molar-refractivity contribution < 1.29 is 23.9 Å². The molecular weight excluding hydrogens is 372 g/mol. The third-order valence-corrected chi connectivity index (χ3v) is 6.09. The van der Waals surface area contributed by atoms with Crippen molar-refractivity contribution in [2.75, 3.05) is 0 Å². The SMILES string of the molecule is O=C(O)c1ccccc1-c1ccc(/C=N\N2C(=O)[C@@H]3[C@@H](C2=O)[C@@H]2C=C[C@@H]3CC2)o1. The number of carboxylic acids is 1. The Morgan fingerprint density at radius 1 is 1.03 bits per heavy atom. The van der Waals surface area contributed by atoms with Crippen LogP contribution in [-0.4, -0.2) is 34.1 Å². The first-order chi connectivity index (χ1) is 14.0. The number of fused-ring (bicyclic) bond motifs is 1. The molecule has 1 aromatic carbocycles. The van der Waals surface area contributed by atoms with Crippen LogP contribution in [0.1, 0.15) is 29.0 Å². The number of nitrogens with zero attached hydrogens (tertiary/aromatic N) is 2. The Labute approximate surface area is 166 Å². The Bertz CT molecular complexity index is 1050. The zero-order valence-electron chi connectivity index (χ0n) is 15.4. The number of carboxylic acid groups (broad SMARTS) is 1. The highest BCUT2D eigenvalue weighted by molar-refractivity contribution is 6.06. The van der Waals surface area contributed by atoms with Gasteiger partial charge in [-0.25, -0.2) is 4.79 Å². The number of carbonyl (C=O) groups excluding carboxylic acids is 2. The van der Waals surface area contributed by atoms with Gasteiger partial charge in [0.05, 0.1) is 23.6 Å². The number of hydrogen-bond acceptors (Lipinski definition) is 5. The molecule has 1 saturated carbocycles. The number of aromatic carboxylic acids is 1. The van der Waals surface area contributed by atoms with Crippen molar-refractivity contribution in [2.24, 2.45) is 28.8 Å². The molecule has 0 spiro atoms. The zero-order valence-corrected chi connectivity index (χ0v) is 15.4. The van der Waals surface area contributed by atoms with E-state index in [1.165, 1.54) is 12.3 Å². The van der Waals surface area contributed by atoms with Crippen LogP contribution in [0.4, 0.5) is 0 Å². The van der Waals surface area contributed by atoms with Crippen LogP contribution in [0, 0.1) is 23.7 Å². The summed E-state index contributed by atoms with van der Waals surface area (Å²) >= 11 is 0. The topological polar surface area (TPSA) is 100 Å². The third kappa shape index (κ3) is 2.73. The van der Waals surface area contributed by atoms with Gasteiger partial charge in [-0.3, -0.25) is 9.59 Å². The molecule has 7 nitrogen and oxygen atoms in total. The maximum atomic E-state index is 12.8. The van der Waals surface area contributed by atoms with E-state index in [1.807, 2.05) is 0 Å². The minimum absolute atomic E-state index is 0.115. The number of amides is 2. The van der Waals surface area contributed by atoms with Gasteiger partial charge in [0.2, 0.25) is 0 Å². The molecule has 7 heteroatoms. The minimum atomic E-state index is -1.05. The standard InChI is InChI=1S/C22H18N2O5/c25-20-18-12-5-6-13(8-7-12)19(18)21(26)24(20)23-11-14-9-10-17(29-14)15-3-1-2-4-16(15)22(27)28/h1-6,9-13,18-19H,7-8H2,(H,27,28)/b23-11-/t12-,13-,18+,19+/m1/s1. The second-order valence-corrected chi connectivity index (χ2v) is 7.63. The van der Waals surface area contributed by atoms with Crippen LogP contribution in [0.15, 0.2) is 58.1 Å². The average Bonchev–Trinajstić information content (AvgIpc) is 3.32. The van der Waals surface area contributed by atoms with Crippen molar-refractivity contribution >= 4 is 24.0 Å². The molecule has 29 heavy (non-hydrogen) atoms. The lowest BCUT2D eigenvalue weighted by Gasteiger charge is -2.37. The molecule has 2 heterocycles. The number of allylic oxidation sites excluding steroid dienone is 2. The molecule has 2 bridgehead atoms. The summed E-state index contributed by atoms with van der Waals surface area (Å²) in [6.45, 7) is 0. The van der Waals surface area contributed by atoms with Crippen LogP contribution < -0.4 is 0 Å². The fourth-order valence-corrected chi connectivity index (χ4v) is 4.74. The highest BCUT2D eigenvalue weighted by atomic mass is 16.4. The Morgan fingerprint density at radius 3 is 2.31 bits per heavy atom. The van der Waals surface area contributed by atoms with Gasteiger partial charge in [-0.2, -0.15) is 10.1 Å². The summed E-state index contributed by atoms with van der Waals surface area (Å²) < 4.78 is 5.69. The second kappa shape index (κ2) is 6.55. The van der Waals surface area contributed by atoms with Gasteiger partial charge in [0.25, 0.3) is 11.8 Å². The third-order valence-electron chi connectivity index (χ3n) is 6.09. The molecule has 2 amide bonds. The molecule has 0 radical (unpaired) electrons. The molecule has 3 aliphatic carbocycles. The molecule has 1 saturated heterocycles. The van der Waals surface area contributed by atoms with Gasteiger partial charge < -0.3 is 9.52 Å². The van der Waals surface area contributed by atoms with E-state index in [-0.39, 0.29) is 41.0 Å². The number of benzene rings is 1. The molecule has 0 unspecified atom stereocenters. The molecule has 6 rings (SSSR count). The molecule has 2 fully saturated rings. The first kappa shape index (κ1) is 17.6. The molecule has 1 aromatic heterocycles. The predicted molar refractivity (Wildman–Crippen MR) is 103 cm³/mol. The van der Waals surface area contributed by atoms with Crippen LogP contribution in [0.2, 0.25) is 0 Å². The Kier molecular flexibility index (Phi) is 3.97. The predicted octanol–water partition coefficient (Wildman–Crippen LogP) is 3.18. The lowest BCUT2D eigenvalue weighted by atomic mass is 9.63. The van der Waals surface area contributed by atoms with Gasteiger partial charge in [0, 0.05) is 5.56 Å². The Morgan fingerprint density at radius 2 is 1.69 bits per heavy atom. The van der Waals surface area contributed by atoms with E-state index in [9.17, 15) is 19.5 Å². The molecule has 2 aromatic rings. The summed E-state index contributed by atoms with van der Waals surface area (Å²) in [6, 6.07) is 9.79. The van der Waals surface area contributed by atoms with E-state index in [0.29, 0.717) is 17.1 Å². The maximum absolute atomic E-state index is 12.8. The summed E-state index contributed by atoms with van der Waals surface area (Å²) in [4.78, 5) is 36.9. The highest BCUT2D eigenvalue weighted by Crippen LogP contribution is 2.49. The van der Waals surface area contributed by atoms with E-state index >= 15 is 0 Å². The van der Waals surface area contributed by atoms with Crippen molar-refractivity contribution in [2.45, 2.75) is 12.8 Å². The van der Waals surface area contributed by atoms with E-state index in [4.69, 9.17) is 4.42 Å². The van der Waals surface area contributed by atoms with E-state index < -0.39 is 5.97 Å². The maximum Gasteiger partial charge on any atom is 0.336 e. The summed E-state index contributed by atoms with van der Waals surface area (Å²) in [7, 11) is 0. The van der Waals surface area contributed by atoms with Crippen molar-refractivity contribution in [1.82, 2.24) is 5.01 Å². The number of rotatable bonds is 4. The van der Waals surface area contributed by atoms with Crippen LogP contribution in [0.25, 0.3) is 11.3 Å². The smallest absolute Gasteiger partial charge is 0.336 e. The molecule has 1 aliphatic heterocycles. The number of hydrogen-bond donors (Lipinski definition) is 1. The fourth-order valence-electron chi connectivity index (χ4n) is 4.74. The molecule has 4 atom stereocenters. The summed E-state index contributed by atoms with van der Waals surface area (Å²) in [6.07, 6.45) is 7.32. The normalized spacial score (nSPS) is 27.8. The first-order valence-corrected chi connectivity index (χ1v) is 9.57. The van der Waals surface area contributed by atoms with Gasteiger partial charge in [0.1, 0.15) is 11.5 Å². The lowest BCUT2D eigenvalue weighted by Crippen LogP contribution is -2.38. The monoisotopic (exact) mass is 390 g/mol. The Balaban J connectivity index is 1.39. The van der Waals surface area contributed by atoms with Gasteiger partial charge in [-0.05, 0) is 42.9 Å². The average molecular weight is 390 g/mol. The van der Waals surface area contributed by atoms with Gasteiger partial charge in [-0.15, -0.1) is 0 Å². The van der Waals surface area contributed by atoms with E-state index in [1.54, 1.807) is 30.3 Å². The van der Waals surface area contributed by atoms with Gasteiger partial charge in [0.15, 0.2) is 0 Å². The van der Waals surface area contributed by atoms with Crippen LogP contribution in [0.3, 0.4) is 0 Å². The van der Waals surface area contributed by atoms with Crippen molar-refractivity contribution in [3.8, 4) is 11.3 Å². The highest BCUT2D eigenvalue weighted by Gasteiger charge is 2.56. The lowest BCUT2D eigenvalue weighted by molar-refractivity contribution is -0.140. The number of carbonyl (C=O) groups is 3. The summed E-state index contributed by atoms with van der Waals surface area (Å²) in [5.74, 6) is -1.23. The van der Waals surface area contributed by atoms with E-state index in [0.717, 1.165) is 17.9 Å². The van der Waals surface area contributed by atoms with Crippen molar-refractivity contribution in [3.63, 3.8) is 0 Å². The largest absolute Gasteiger partial charge is 0.478 e. The quantitative estimate of drug-likeness (QED) is 0.491. The second-order valence-electron chi connectivity index (χ2n) is 7.63. The molecular formula is C22H18N2O5. The number of hydrazone groups is 1. The van der Waals surface area contributed by atoms with Crippen molar-refractivity contribution in [3.05, 3.63) is 59.9 Å². The van der Waals surface area contributed by atoms with Gasteiger partial charge in [-0.1, -0.05) is 30.4 Å². The minimum Gasteiger partial charge on any atom is -0.478 e. The van der Waals surface area contributed by atoms with Crippen LogP contribution in [0.5, 0.6) is 0 Å². The Hall–Kier alpha value is -3.48. The molecule has 146 valence electrons. The molecule has 1 N–H and O–H groups in total. The zero-order chi connectivity index (χ0) is 20.1. The van der Waals surface area contributed by atoms with Crippen LogP contribution in [-0.2, 0) is 9.59 Å². The van der Waals surface area contributed by atoms with E-state index in [2.05, 4.69) is 17.3 Å².